The second kappa shape index (κ2) is 17.3. The third-order valence-corrected chi connectivity index (χ3v) is 13.3. The number of rotatable bonds is 7. The quantitative estimate of drug-likeness (QED) is 0.118. The maximum atomic E-state index is 6.62. The summed E-state index contributed by atoms with van der Waals surface area (Å²) in [5.41, 5.74) is 16.0. The van der Waals surface area contributed by atoms with Crippen LogP contribution in [0.5, 0.6) is 0 Å². The minimum Gasteiger partial charge on any atom is -0.499 e. The molecule has 7 heteroatoms. The van der Waals surface area contributed by atoms with E-state index in [4.69, 9.17) is 9.40 Å². The van der Waals surface area contributed by atoms with Crippen LogP contribution in [0.3, 0.4) is 0 Å². The second-order valence-electron chi connectivity index (χ2n) is 17.3. The van der Waals surface area contributed by atoms with Crippen LogP contribution in [0.4, 0.5) is 0 Å². The van der Waals surface area contributed by atoms with E-state index in [2.05, 4.69) is 185 Å². The summed E-state index contributed by atoms with van der Waals surface area (Å²) in [6, 6.07) is 45.3. The monoisotopic (exact) mass is 981 g/mol. The maximum absolute atomic E-state index is 6.62. The summed E-state index contributed by atoms with van der Waals surface area (Å²) >= 11 is 0. The number of benzene rings is 5. The van der Waals surface area contributed by atoms with Crippen molar-refractivity contribution in [3.8, 4) is 39.5 Å². The fraction of sp³-hybridized carbons (Fsp3) is 0.226. The number of aryl methyl sites for hydroxylation is 3. The first-order valence-electron chi connectivity index (χ1n) is 20.7. The van der Waals surface area contributed by atoms with E-state index in [-0.39, 0.29) is 31.9 Å². The zero-order valence-electron chi connectivity index (χ0n) is 36.2. The van der Waals surface area contributed by atoms with E-state index in [0.717, 1.165) is 66.9 Å². The topological polar surface area (TPSA) is 56.7 Å². The number of pyridine rings is 2. The Hall–Kier alpha value is -5.46. The summed E-state index contributed by atoms with van der Waals surface area (Å²) in [7, 11) is -1.24. The molecule has 0 spiro atoms. The molecule has 0 N–H and O–H groups in total. The zero-order chi connectivity index (χ0) is 41.6. The number of nitrogens with zero attached hydrogens (tertiary/aromatic N) is 4. The van der Waals surface area contributed by atoms with Gasteiger partial charge in [-0.25, -0.2) is 0 Å². The van der Waals surface area contributed by atoms with Gasteiger partial charge in [0, 0.05) is 43.6 Å². The van der Waals surface area contributed by atoms with Gasteiger partial charge in [-0.15, -0.1) is 53.1 Å². The third kappa shape index (κ3) is 8.19. The summed E-state index contributed by atoms with van der Waals surface area (Å²) in [6.07, 6.45) is 3.88. The normalized spacial score (nSPS) is 11.7. The molecule has 305 valence electrons. The average molecular weight is 981 g/mol. The van der Waals surface area contributed by atoms with Gasteiger partial charge in [0.05, 0.1) is 36.2 Å². The van der Waals surface area contributed by atoms with E-state index in [1.165, 1.54) is 38.7 Å². The third-order valence-electron chi connectivity index (χ3n) is 11.2. The van der Waals surface area contributed by atoms with Crippen LogP contribution in [-0.4, -0.2) is 27.6 Å². The van der Waals surface area contributed by atoms with Crippen LogP contribution in [0.15, 0.2) is 126 Å². The Kier molecular flexibility index (Phi) is 12.3. The molecule has 0 aliphatic rings. The number of para-hydroxylation sites is 2. The molecule has 9 rings (SSSR count). The molecule has 0 amide bonds. The molecule has 0 bridgehead atoms. The van der Waals surface area contributed by atoms with Crippen molar-refractivity contribution >= 4 is 46.2 Å². The number of hydrogen-bond donors (Lipinski definition) is 0. The van der Waals surface area contributed by atoms with Crippen molar-refractivity contribution in [1.82, 2.24) is 19.5 Å². The van der Waals surface area contributed by atoms with Gasteiger partial charge in [-0.05, 0) is 82.2 Å². The molecule has 4 aromatic heterocycles. The molecule has 5 aromatic carbocycles. The first kappa shape index (κ1) is 42.7. The fourth-order valence-corrected chi connectivity index (χ4v) is 8.94. The number of imidazole rings is 1. The van der Waals surface area contributed by atoms with E-state index in [9.17, 15) is 0 Å². The van der Waals surface area contributed by atoms with E-state index in [0.29, 0.717) is 0 Å². The van der Waals surface area contributed by atoms with Gasteiger partial charge in [0.2, 0.25) is 0 Å². The van der Waals surface area contributed by atoms with Gasteiger partial charge < -0.3 is 14.0 Å². The predicted octanol–water partition coefficient (Wildman–Crippen LogP) is 13.7. The van der Waals surface area contributed by atoms with E-state index in [1.807, 2.05) is 31.5 Å². The van der Waals surface area contributed by atoms with Gasteiger partial charge in [-0.1, -0.05) is 127 Å². The van der Waals surface area contributed by atoms with Crippen LogP contribution >= 0.6 is 0 Å². The molecular formula is C53H52IrN4OSi-2. The predicted molar refractivity (Wildman–Crippen MR) is 250 cm³/mol. The molecule has 0 saturated heterocycles. The maximum Gasteiger partial charge on any atom is 0.142 e. The first-order valence-corrected chi connectivity index (χ1v) is 24.2. The Morgan fingerprint density at radius 1 is 0.700 bits per heavy atom. The average Bonchev–Trinajstić information content (AvgIpc) is 3.82. The van der Waals surface area contributed by atoms with Crippen LogP contribution in [0, 0.1) is 32.9 Å². The fourth-order valence-electron chi connectivity index (χ4n) is 7.90. The Morgan fingerprint density at radius 2 is 1.40 bits per heavy atom. The van der Waals surface area contributed by atoms with Crippen molar-refractivity contribution in [1.29, 1.82) is 0 Å². The van der Waals surface area contributed by atoms with Crippen LogP contribution in [-0.2, 0) is 20.1 Å². The Balaban J connectivity index is 0.000000255. The molecule has 0 atom stereocenters. The molecule has 0 fully saturated rings. The Labute approximate surface area is 369 Å². The molecule has 5 nitrogen and oxygen atoms in total. The van der Waals surface area contributed by atoms with Gasteiger partial charge in [-0.3, -0.25) is 9.97 Å². The summed E-state index contributed by atoms with van der Waals surface area (Å²) in [5, 5.41) is 3.56. The molecule has 0 saturated carbocycles. The summed E-state index contributed by atoms with van der Waals surface area (Å²) < 4.78 is 8.98. The standard InChI is InChI=1S/C38H34N3O.C15H18NSi.Ir/c1-22(2)30-20-27(26-12-8-7-9-13-26)21-31(23(3)4)35(30)41-33-15-11-10-14-32(33)40-38(41)29-17-16-24(5)34-28-18-19-39-25(6)36(28)42-37(29)34;1-12-5-7-13(8-6-12)15-10-9-14(11-16-15)17(2,3)4;/h7-16,18-23H,1-6H3;5-7,9-11H,1-4H3;/q2*-1;. The van der Waals surface area contributed by atoms with Gasteiger partial charge in [0.15, 0.2) is 0 Å². The van der Waals surface area contributed by atoms with Crippen LogP contribution in [0.2, 0.25) is 19.6 Å². The van der Waals surface area contributed by atoms with E-state index < -0.39 is 8.07 Å². The van der Waals surface area contributed by atoms with Gasteiger partial charge in [0.25, 0.3) is 0 Å². The molecule has 0 aliphatic heterocycles. The van der Waals surface area contributed by atoms with Gasteiger partial charge >= 0.3 is 0 Å². The van der Waals surface area contributed by atoms with Crippen molar-refractivity contribution in [3.05, 3.63) is 162 Å². The van der Waals surface area contributed by atoms with Crippen molar-refractivity contribution in [2.45, 2.75) is 79.9 Å². The molecular weight excluding hydrogens is 929 g/mol. The number of hydrogen-bond acceptors (Lipinski definition) is 4. The second-order valence-corrected chi connectivity index (χ2v) is 22.4. The van der Waals surface area contributed by atoms with Crippen molar-refractivity contribution in [2.75, 3.05) is 0 Å². The van der Waals surface area contributed by atoms with E-state index >= 15 is 0 Å². The molecule has 0 aliphatic carbocycles. The first-order chi connectivity index (χ1) is 28.3. The summed E-state index contributed by atoms with van der Waals surface area (Å²) in [6.45, 7) is 22.3. The van der Waals surface area contributed by atoms with Crippen molar-refractivity contribution in [2.24, 2.45) is 0 Å². The SMILES string of the molecule is Cc1c[c-]c(-c2ccc([Si](C)(C)C)cn2)cc1.Cc1nccc2c1oc1c(-c3nc4ccccc4n3-c3c(C(C)C)cc(-c4ccccc4)cc3C(C)C)[c-]cc(C)c12.[Ir]. The van der Waals surface area contributed by atoms with Crippen molar-refractivity contribution < 1.29 is 24.5 Å². The van der Waals surface area contributed by atoms with Crippen molar-refractivity contribution in [3.63, 3.8) is 0 Å². The van der Waals surface area contributed by atoms with Crippen LogP contribution in [0.25, 0.3) is 72.4 Å². The summed E-state index contributed by atoms with van der Waals surface area (Å²) in [5.74, 6) is 1.41. The number of aromatic nitrogens is 4. The zero-order valence-corrected chi connectivity index (χ0v) is 39.6. The molecule has 9 aromatic rings. The number of furan rings is 1. The molecule has 1 radical (unpaired) electrons. The van der Waals surface area contributed by atoms with Gasteiger partial charge in [0.1, 0.15) is 5.58 Å². The molecule has 0 unspecified atom stereocenters. The van der Waals surface area contributed by atoms with E-state index in [1.54, 1.807) is 0 Å². The largest absolute Gasteiger partial charge is 0.499 e. The minimum atomic E-state index is -1.24. The van der Waals surface area contributed by atoms with Gasteiger partial charge in [-0.2, -0.15) is 0 Å². The smallest absolute Gasteiger partial charge is 0.142 e. The van der Waals surface area contributed by atoms with Crippen LogP contribution in [0.1, 0.15) is 67.5 Å². The summed E-state index contributed by atoms with van der Waals surface area (Å²) in [4.78, 5) is 14.3. The Bertz CT molecular complexity index is 2910. The Morgan fingerprint density at radius 3 is 2.03 bits per heavy atom. The molecule has 4 heterocycles. The molecule has 60 heavy (non-hydrogen) atoms. The van der Waals surface area contributed by atoms with Crippen LogP contribution < -0.4 is 5.19 Å². The minimum absolute atomic E-state index is 0. The number of fused-ring (bicyclic) bond motifs is 4.